The molecule has 0 radical (unpaired) electrons. The van der Waals surface area contributed by atoms with Crippen molar-refractivity contribution < 1.29 is 17.6 Å². The van der Waals surface area contributed by atoms with E-state index in [0.29, 0.717) is 14.4 Å². The molecule has 0 saturated carbocycles. The highest BCUT2D eigenvalue weighted by Crippen LogP contribution is 2.30. The van der Waals surface area contributed by atoms with Crippen molar-refractivity contribution in [2.45, 2.75) is 12.7 Å². The average molecular weight is 296 g/mol. The van der Waals surface area contributed by atoms with E-state index in [1.807, 2.05) is 0 Å². The Balaban J connectivity index is 2.64. The molecule has 1 nitrogen and oxygen atoms in total. The molecule has 2 aromatic rings. The van der Waals surface area contributed by atoms with E-state index < -0.39 is 18.5 Å². The number of benzene rings is 1. The molecule has 0 saturated heterocycles. The van der Waals surface area contributed by atoms with Gasteiger partial charge in [0.1, 0.15) is 5.82 Å². The summed E-state index contributed by atoms with van der Waals surface area (Å²) in [4.78, 5) is 0. The maximum absolute atomic E-state index is 13.2. The lowest BCUT2D eigenvalue weighted by Crippen LogP contribution is -2.11. The second kappa shape index (κ2) is 4.08. The van der Waals surface area contributed by atoms with Gasteiger partial charge in [0.05, 0.1) is 5.52 Å². The number of nitrogens with zero attached hydrogens (tertiary/aromatic N) is 1. The van der Waals surface area contributed by atoms with Crippen molar-refractivity contribution in [1.29, 1.82) is 0 Å². The maximum Gasteiger partial charge on any atom is 0.288 e. The first-order valence-corrected chi connectivity index (χ1v) is 5.18. The van der Waals surface area contributed by atoms with Gasteiger partial charge in [-0.3, -0.25) is 0 Å². The summed E-state index contributed by atoms with van der Waals surface area (Å²) in [6.07, 6.45) is -4.44. The molecule has 6 heteroatoms. The fraction of sp³-hybridized carbons (Fsp3) is 0.200. The van der Waals surface area contributed by atoms with Crippen LogP contribution in [-0.2, 0) is 0 Å². The molecule has 1 unspecified atom stereocenters. The average Bonchev–Trinajstić information content (AvgIpc) is 2.60. The van der Waals surface area contributed by atoms with Crippen molar-refractivity contribution in [3.8, 4) is 0 Å². The number of hydrogen-bond donors (Lipinski definition) is 0. The van der Waals surface area contributed by atoms with E-state index in [1.165, 1.54) is 18.3 Å². The van der Waals surface area contributed by atoms with Gasteiger partial charge < -0.3 is 4.57 Å². The number of aromatic nitrogens is 1. The lowest BCUT2D eigenvalue weighted by atomic mass is 10.2. The topological polar surface area (TPSA) is 4.93 Å². The molecule has 2 rings (SSSR count). The van der Waals surface area contributed by atoms with Crippen LogP contribution in [0.15, 0.2) is 28.9 Å². The highest BCUT2D eigenvalue weighted by molar-refractivity contribution is 9.10. The molecule has 0 aliphatic carbocycles. The number of hydrogen-bond acceptors (Lipinski definition) is 0. The van der Waals surface area contributed by atoms with E-state index >= 15 is 0 Å². The molecule has 1 aromatic heterocycles. The van der Waals surface area contributed by atoms with Gasteiger partial charge in [-0.15, -0.1) is 0 Å². The molecule has 0 amide bonds. The lowest BCUT2D eigenvalue weighted by Gasteiger charge is -2.10. The fourth-order valence-corrected chi connectivity index (χ4v) is 2.08. The van der Waals surface area contributed by atoms with Crippen LogP contribution >= 0.6 is 15.9 Å². The van der Waals surface area contributed by atoms with Gasteiger partial charge in [0.25, 0.3) is 6.43 Å². The lowest BCUT2D eigenvalue weighted by molar-refractivity contribution is 0.0106. The third-order valence-corrected chi connectivity index (χ3v) is 2.88. The standard InChI is InChI=1S/C10H6BrF4N/c11-7-3-5(12)4-8-6(7)1-2-16(8)10(15)9(13)14/h1-4,9-10H. The summed E-state index contributed by atoms with van der Waals surface area (Å²) < 4.78 is 51.8. The highest BCUT2D eigenvalue weighted by atomic mass is 79.9. The Hall–Kier alpha value is -1.04. The predicted molar refractivity (Wildman–Crippen MR) is 55.7 cm³/mol. The summed E-state index contributed by atoms with van der Waals surface area (Å²) in [5, 5.41) is 0.490. The van der Waals surface area contributed by atoms with Crippen LogP contribution in [0.25, 0.3) is 10.9 Å². The molecule has 1 heterocycles. The smallest absolute Gasteiger partial charge is 0.288 e. The maximum atomic E-state index is 13.2. The van der Waals surface area contributed by atoms with Gasteiger partial charge in [0.2, 0.25) is 6.30 Å². The Morgan fingerprint density at radius 2 is 1.88 bits per heavy atom. The normalized spacial score (nSPS) is 13.6. The summed E-state index contributed by atoms with van der Waals surface area (Å²) in [5.41, 5.74) is 0.0969. The van der Waals surface area contributed by atoms with Crippen molar-refractivity contribution >= 4 is 26.8 Å². The number of alkyl halides is 3. The molecule has 1 atom stereocenters. The number of fused-ring (bicyclic) bond motifs is 1. The van der Waals surface area contributed by atoms with Crippen LogP contribution in [0, 0.1) is 5.82 Å². The Bertz CT molecular complexity index is 523. The van der Waals surface area contributed by atoms with Gasteiger partial charge in [-0.25, -0.2) is 17.6 Å². The Kier molecular flexibility index (Phi) is 2.92. The van der Waals surface area contributed by atoms with E-state index in [0.717, 1.165) is 6.07 Å². The summed E-state index contributed by atoms with van der Waals surface area (Å²) in [7, 11) is 0. The molecule has 0 aliphatic heterocycles. The minimum absolute atomic E-state index is 0.0969. The zero-order valence-electron chi connectivity index (χ0n) is 7.80. The van der Waals surface area contributed by atoms with Crippen molar-refractivity contribution in [2.24, 2.45) is 0 Å². The van der Waals surface area contributed by atoms with Crippen LogP contribution in [0.1, 0.15) is 6.30 Å². The molecule has 0 fully saturated rings. The first-order chi connectivity index (χ1) is 7.50. The molecule has 0 bridgehead atoms. The molecular formula is C10H6BrF4N. The van der Waals surface area contributed by atoms with Crippen LogP contribution < -0.4 is 0 Å². The molecule has 0 aliphatic rings. The van der Waals surface area contributed by atoms with Crippen molar-refractivity contribution in [3.05, 3.63) is 34.7 Å². The number of halogens is 5. The van der Waals surface area contributed by atoms with E-state index in [1.54, 1.807) is 0 Å². The van der Waals surface area contributed by atoms with Gasteiger partial charge in [0, 0.05) is 16.1 Å². The third kappa shape index (κ3) is 1.81. The Morgan fingerprint density at radius 3 is 2.50 bits per heavy atom. The zero-order chi connectivity index (χ0) is 11.9. The first-order valence-electron chi connectivity index (χ1n) is 4.38. The van der Waals surface area contributed by atoms with Crippen LogP contribution in [0.2, 0.25) is 0 Å². The SMILES string of the molecule is Fc1cc(Br)c2ccn(C(F)C(F)F)c2c1. The van der Waals surface area contributed by atoms with E-state index in [9.17, 15) is 17.6 Å². The van der Waals surface area contributed by atoms with Crippen LogP contribution in [-0.4, -0.2) is 11.0 Å². The van der Waals surface area contributed by atoms with Crippen LogP contribution in [0.4, 0.5) is 17.6 Å². The second-order valence-electron chi connectivity index (χ2n) is 3.25. The summed E-state index contributed by atoms with van der Waals surface area (Å²) >= 11 is 3.08. The van der Waals surface area contributed by atoms with E-state index in [2.05, 4.69) is 15.9 Å². The van der Waals surface area contributed by atoms with Gasteiger partial charge in [-0.05, 0) is 34.1 Å². The summed E-state index contributed by atoms with van der Waals surface area (Å²) in [5.74, 6) is -0.610. The summed E-state index contributed by atoms with van der Waals surface area (Å²) in [6.45, 7) is 0. The van der Waals surface area contributed by atoms with Crippen molar-refractivity contribution in [1.82, 2.24) is 4.57 Å². The molecule has 86 valence electrons. The van der Waals surface area contributed by atoms with Gasteiger partial charge in [0.15, 0.2) is 0 Å². The monoisotopic (exact) mass is 295 g/mol. The second-order valence-corrected chi connectivity index (χ2v) is 4.10. The minimum atomic E-state index is -3.14. The molecular weight excluding hydrogens is 290 g/mol. The van der Waals surface area contributed by atoms with Crippen molar-refractivity contribution in [2.75, 3.05) is 0 Å². The van der Waals surface area contributed by atoms with Gasteiger partial charge in [-0.2, -0.15) is 0 Å². The molecule has 0 N–H and O–H groups in total. The van der Waals surface area contributed by atoms with Crippen LogP contribution in [0.3, 0.4) is 0 Å². The van der Waals surface area contributed by atoms with Gasteiger partial charge >= 0.3 is 0 Å². The zero-order valence-corrected chi connectivity index (χ0v) is 9.39. The highest BCUT2D eigenvalue weighted by Gasteiger charge is 2.22. The predicted octanol–water partition coefficient (Wildman–Crippen LogP) is 4.28. The Labute approximate surface area is 96.8 Å². The molecule has 1 aromatic carbocycles. The Morgan fingerprint density at radius 1 is 1.19 bits per heavy atom. The van der Waals surface area contributed by atoms with Crippen molar-refractivity contribution in [3.63, 3.8) is 0 Å². The van der Waals surface area contributed by atoms with Crippen LogP contribution in [0.5, 0.6) is 0 Å². The third-order valence-electron chi connectivity index (χ3n) is 2.23. The van der Waals surface area contributed by atoms with E-state index in [-0.39, 0.29) is 5.52 Å². The molecule has 16 heavy (non-hydrogen) atoms. The fourth-order valence-electron chi connectivity index (χ4n) is 1.52. The molecule has 0 spiro atoms. The minimum Gasteiger partial charge on any atom is -0.312 e. The largest absolute Gasteiger partial charge is 0.312 e. The van der Waals surface area contributed by atoms with E-state index in [4.69, 9.17) is 0 Å². The number of rotatable bonds is 2. The first kappa shape index (κ1) is 11.4. The quantitative estimate of drug-likeness (QED) is 0.729. The summed E-state index contributed by atoms with van der Waals surface area (Å²) in [6, 6.07) is 3.67. The van der Waals surface area contributed by atoms with Gasteiger partial charge in [-0.1, -0.05) is 0 Å².